The van der Waals surface area contributed by atoms with E-state index in [0.717, 1.165) is 25.5 Å². The molecule has 0 spiro atoms. The van der Waals surface area contributed by atoms with Crippen molar-refractivity contribution in [2.24, 2.45) is 4.99 Å². The van der Waals surface area contributed by atoms with Gasteiger partial charge in [-0.3, -0.25) is 4.99 Å². The maximum atomic E-state index is 4.30. The van der Waals surface area contributed by atoms with Crippen LogP contribution in [0, 0.1) is 0 Å². The van der Waals surface area contributed by atoms with E-state index in [9.17, 15) is 0 Å². The Kier molecular flexibility index (Phi) is 2.30. The summed E-state index contributed by atoms with van der Waals surface area (Å²) in [6, 6.07) is 0.597. The van der Waals surface area contributed by atoms with Gasteiger partial charge in [-0.05, 0) is 19.3 Å². The molecule has 0 bridgehead atoms. The Morgan fingerprint density at radius 2 is 2.50 bits per heavy atom. The molecule has 2 aliphatic rings. The van der Waals surface area contributed by atoms with Crippen LogP contribution in [-0.4, -0.2) is 25.1 Å². The topological polar surface area (TPSA) is 36.4 Å². The zero-order valence-electron chi connectivity index (χ0n) is 7.21. The van der Waals surface area contributed by atoms with E-state index in [2.05, 4.69) is 27.8 Å². The first kappa shape index (κ1) is 7.65. The number of rotatable bonds is 1. The second kappa shape index (κ2) is 3.61. The van der Waals surface area contributed by atoms with Gasteiger partial charge in [-0.1, -0.05) is 12.2 Å². The van der Waals surface area contributed by atoms with Gasteiger partial charge in [-0.15, -0.1) is 0 Å². The highest BCUT2D eigenvalue weighted by Crippen LogP contribution is 2.10. The molecular formula is C9H15N3. The molecule has 1 aliphatic carbocycles. The van der Waals surface area contributed by atoms with E-state index in [4.69, 9.17) is 0 Å². The first-order valence-electron chi connectivity index (χ1n) is 4.65. The SMILES string of the molecule is C1=CCC(NC2=NCCN2)CC1. The smallest absolute Gasteiger partial charge is 0.191 e. The molecule has 3 heteroatoms. The third-order valence-electron chi connectivity index (χ3n) is 2.28. The molecule has 12 heavy (non-hydrogen) atoms. The lowest BCUT2D eigenvalue weighted by Gasteiger charge is -2.20. The molecule has 0 saturated heterocycles. The number of hydrogen-bond donors (Lipinski definition) is 2. The zero-order valence-corrected chi connectivity index (χ0v) is 7.21. The van der Waals surface area contributed by atoms with Crippen LogP contribution in [0.1, 0.15) is 19.3 Å². The Morgan fingerprint density at radius 3 is 3.17 bits per heavy atom. The van der Waals surface area contributed by atoms with E-state index in [0.29, 0.717) is 6.04 Å². The number of nitrogens with zero attached hydrogens (tertiary/aromatic N) is 1. The van der Waals surface area contributed by atoms with Crippen LogP contribution in [0.2, 0.25) is 0 Å². The van der Waals surface area contributed by atoms with Gasteiger partial charge in [-0.25, -0.2) is 0 Å². The molecule has 2 N–H and O–H groups in total. The van der Waals surface area contributed by atoms with Crippen molar-refractivity contribution in [1.29, 1.82) is 0 Å². The monoisotopic (exact) mass is 165 g/mol. The van der Waals surface area contributed by atoms with Crippen molar-refractivity contribution in [2.45, 2.75) is 25.3 Å². The average molecular weight is 165 g/mol. The predicted octanol–water partition coefficient (Wildman–Crippen LogP) is 0.644. The van der Waals surface area contributed by atoms with Crippen molar-refractivity contribution in [2.75, 3.05) is 13.1 Å². The molecular weight excluding hydrogens is 150 g/mol. The minimum absolute atomic E-state index is 0.597. The fourth-order valence-corrected chi connectivity index (χ4v) is 1.61. The molecule has 0 aromatic carbocycles. The van der Waals surface area contributed by atoms with Gasteiger partial charge >= 0.3 is 0 Å². The lowest BCUT2D eigenvalue weighted by molar-refractivity contribution is 0.548. The summed E-state index contributed by atoms with van der Waals surface area (Å²) in [6.07, 6.45) is 8.07. The van der Waals surface area contributed by atoms with Crippen molar-refractivity contribution < 1.29 is 0 Å². The van der Waals surface area contributed by atoms with Crippen LogP contribution >= 0.6 is 0 Å². The van der Waals surface area contributed by atoms with Crippen LogP contribution in [0.25, 0.3) is 0 Å². The number of hydrogen-bond acceptors (Lipinski definition) is 3. The second-order valence-electron chi connectivity index (χ2n) is 3.28. The Bertz CT molecular complexity index is 208. The van der Waals surface area contributed by atoms with E-state index in [1.807, 2.05) is 0 Å². The summed E-state index contributed by atoms with van der Waals surface area (Å²) in [6.45, 7) is 1.91. The Balaban J connectivity index is 1.81. The summed E-state index contributed by atoms with van der Waals surface area (Å²) in [4.78, 5) is 4.30. The molecule has 0 fully saturated rings. The molecule has 1 atom stereocenters. The third-order valence-corrected chi connectivity index (χ3v) is 2.28. The zero-order chi connectivity index (χ0) is 8.23. The maximum Gasteiger partial charge on any atom is 0.191 e. The highest BCUT2D eigenvalue weighted by Gasteiger charge is 2.12. The summed E-state index contributed by atoms with van der Waals surface area (Å²) >= 11 is 0. The summed E-state index contributed by atoms with van der Waals surface area (Å²) in [5, 5.41) is 6.62. The molecule has 0 aromatic heterocycles. The molecule has 0 aromatic rings. The van der Waals surface area contributed by atoms with Crippen molar-refractivity contribution in [3.63, 3.8) is 0 Å². The van der Waals surface area contributed by atoms with Crippen LogP contribution in [-0.2, 0) is 0 Å². The van der Waals surface area contributed by atoms with Crippen LogP contribution < -0.4 is 10.6 Å². The van der Waals surface area contributed by atoms with Gasteiger partial charge in [0, 0.05) is 12.6 Å². The minimum Gasteiger partial charge on any atom is -0.355 e. The number of guanidine groups is 1. The summed E-state index contributed by atoms with van der Waals surface area (Å²) in [5.74, 6) is 0.996. The molecule has 1 aliphatic heterocycles. The van der Waals surface area contributed by atoms with Gasteiger partial charge < -0.3 is 10.6 Å². The first-order valence-corrected chi connectivity index (χ1v) is 4.65. The number of nitrogens with one attached hydrogen (secondary N) is 2. The fraction of sp³-hybridized carbons (Fsp3) is 0.667. The van der Waals surface area contributed by atoms with Crippen LogP contribution in [0.3, 0.4) is 0 Å². The van der Waals surface area contributed by atoms with Gasteiger partial charge in [0.15, 0.2) is 5.96 Å². The molecule has 0 saturated carbocycles. The van der Waals surface area contributed by atoms with E-state index >= 15 is 0 Å². The lowest BCUT2D eigenvalue weighted by Crippen LogP contribution is -2.41. The van der Waals surface area contributed by atoms with Gasteiger partial charge in [0.2, 0.25) is 0 Å². The van der Waals surface area contributed by atoms with Crippen LogP contribution in [0.4, 0.5) is 0 Å². The van der Waals surface area contributed by atoms with E-state index in [1.165, 1.54) is 12.8 Å². The molecule has 1 unspecified atom stereocenters. The third kappa shape index (κ3) is 1.78. The summed E-state index contributed by atoms with van der Waals surface area (Å²) < 4.78 is 0. The highest BCUT2D eigenvalue weighted by atomic mass is 15.2. The first-order chi connectivity index (χ1) is 5.95. The number of aliphatic imine (C=N–C) groups is 1. The van der Waals surface area contributed by atoms with Crippen molar-refractivity contribution in [1.82, 2.24) is 10.6 Å². The molecule has 0 radical (unpaired) electrons. The number of allylic oxidation sites excluding steroid dienone is 1. The highest BCUT2D eigenvalue weighted by molar-refractivity contribution is 5.81. The predicted molar refractivity (Wildman–Crippen MR) is 50.2 cm³/mol. The molecule has 66 valence electrons. The largest absolute Gasteiger partial charge is 0.355 e. The van der Waals surface area contributed by atoms with Crippen LogP contribution in [0.15, 0.2) is 17.1 Å². The van der Waals surface area contributed by atoms with Crippen molar-refractivity contribution >= 4 is 5.96 Å². The Labute approximate surface area is 73.0 Å². The van der Waals surface area contributed by atoms with Gasteiger partial charge in [0.1, 0.15) is 0 Å². The maximum absolute atomic E-state index is 4.30. The molecule has 1 heterocycles. The van der Waals surface area contributed by atoms with E-state index in [-0.39, 0.29) is 0 Å². The lowest BCUT2D eigenvalue weighted by atomic mass is 10.0. The normalized spacial score (nSPS) is 28.0. The van der Waals surface area contributed by atoms with Gasteiger partial charge in [0.05, 0.1) is 6.54 Å². The van der Waals surface area contributed by atoms with E-state index in [1.54, 1.807) is 0 Å². The van der Waals surface area contributed by atoms with Crippen molar-refractivity contribution in [3.8, 4) is 0 Å². The second-order valence-corrected chi connectivity index (χ2v) is 3.28. The quantitative estimate of drug-likeness (QED) is 0.559. The Hall–Kier alpha value is -0.990. The summed E-state index contributed by atoms with van der Waals surface area (Å²) in [7, 11) is 0. The Morgan fingerprint density at radius 1 is 1.50 bits per heavy atom. The van der Waals surface area contributed by atoms with Crippen LogP contribution in [0.5, 0.6) is 0 Å². The average Bonchev–Trinajstić information content (AvgIpc) is 2.59. The fourth-order valence-electron chi connectivity index (χ4n) is 1.61. The minimum atomic E-state index is 0.597. The standard InChI is InChI=1S/C9H15N3/c1-2-4-8(5-3-1)12-9-10-6-7-11-9/h1-2,8H,3-7H2,(H2,10,11,12). The van der Waals surface area contributed by atoms with Gasteiger partial charge in [-0.2, -0.15) is 0 Å². The molecule has 0 amide bonds. The summed E-state index contributed by atoms with van der Waals surface area (Å²) in [5.41, 5.74) is 0. The van der Waals surface area contributed by atoms with Crippen molar-refractivity contribution in [3.05, 3.63) is 12.2 Å². The molecule has 2 rings (SSSR count). The van der Waals surface area contributed by atoms with Gasteiger partial charge in [0.25, 0.3) is 0 Å². The molecule has 3 nitrogen and oxygen atoms in total. The van der Waals surface area contributed by atoms with E-state index < -0.39 is 0 Å².